The van der Waals surface area contributed by atoms with Crippen LogP contribution >= 0.6 is 0 Å². The molecule has 3 aromatic carbocycles. The molecule has 3 nitrogen and oxygen atoms in total. The van der Waals surface area contributed by atoms with Crippen molar-refractivity contribution in [1.82, 2.24) is 0 Å². The highest BCUT2D eigenvalue weighted by molar-refractivity contribution is 6.05. The van der Waals surface area contributed by atoms with Crippen molar-refractivity contribution in [1.29, 1.82) is 0 Å². The van der Waals surface area contributed by atoms with Crippen LogP contribution < -0.4 is 10.1 Å². The molecule has 0 aromatic heterocycles. The van der Waals surface area contributed by atoms with Crippen molar-refractivity contribution in [3.63, 3.8) is 0 Å². The molecule has 0 saturated carbocycles. The van der Waals surface area contributed by atoms with Crippen LogP contribution in [0.1, 0.15) is 10.4 Å². The van der Waals surface area contributed by atoms with Crippen LogP contribution in [0, 0.1) is 0 Å². The summed E-state index contributed by atoms with van der Waals surface area (Å²) in [6.07, 6.45) is 1.67. The molecule has 23 heavy (non-hydrogen) atoms. The van der Waals surface area contributed by atoms with Gasteiger partial charge in [0, 0.05) is 11.3 Å². The van der Waals surface area contributed by atoms with Gasteiger partial charge >= 0.3 is 0 Å². The molecule has 3 aromatic rings. The Labute approximate surface area is 135 Å². The van der Waals surface area contributed by atoms with Crippen LogP contribution in [0.25, 0.3) is 10.8 Å². The predicted molar refractivity (Wildman–Crippen MR) is 94.0 cm³/mol. The smallest absolute Gasteiger partial charge is 0.255 e. The lowest BCUT2D eigenvalue weighted by atomic mass is 10.1. The Balaban J connectivity index is 1.78. The van der Waals surface area contributed by atoms with Crippen LogP contribution in [0.3, 0.4) is 0 Å². The predicted octanol–water partition coefficient (Wildman–Crippen LogP) is 4.66. The molecule has 0 radical (unpaired) electrons. The Bertz CT molecular complexity index is 855. The van der Waals surface area contributed by atoms with Crippen LogP contribution in [0.4, 0.5) is 5.69 Å². The second kappa shape index (κ2) is 6.79. The fourth-order valence-corrected chi connectivity index (χ4v) is 2.35. The summed E-state index contributed by atoms with van der Waals surface area (Å²) in [5.41, 5.74) is 1.32. The number of nitrogens with one attached hydrogen (secondary N) is 1. The summed E-state index contributed by atoms with van der Waals surface area (Å²) in [6, 6.07) is 21.0. The van der Waals surface area contributed by atoms with Gasteiger partial charge < -0.3 is 10.1 Å². The summed E-state index contributed by atoms with van der Waals surface area (Å²) in [5.74, 6) is 0.486. The van der Waals surface area contributed by atoms with Crippen molar-refractivity contribution in [3.05, 3.63) is 84.9 Å². The molecule has 0 aliphatic heterocycles. The molecule has 0 saturated heterocycles. The molecule has 1 N–H and O–H groups in total. The normalized spacial score (nSPS) is 10.3. The van der Waals surface area contributed by atoms with Gasteiger partial charge in [-0.05, 0) is 41.1 Å². The number of fused-ring (bicyclic) bond motifs is 1. The Morgan fingerprint density at radius 3 is 2.65 bits per heavy atom. The number of anilines is 1. The number of rotatable bonds is 5. The number of benzene rings is 3. The first-order valence-electron chi connectivity index (χ1n) is 7.40. The third-order valence-corrected chi connectivity index (χ3v) is 3.47. The highest BCUT2D eigenvalue weighted by Gasteiger charge is 2.07. The first-order valence-corrected chi connectivity index (χ1v) is 7.40. The summed E-state index contributed by atoms with van der Waals surface area (Å²) in [6.45, 7) is 4.02. The van der Waals surface area contributed by atoms with E-state index in [0.29, 0.717) is 17.9 Å². The van der Waals surface area contributed by atoms with Gasteiger partial charge in [0.2, 0.25) is 0 Å². The van der Waals surface area contributed by atoms with Gasteiger partial charge in [-0.25, -0.2) is 0 Å². The average Bonchev–Trinajstić information content (AvgIpc) is 2.60. The summed E-state index contributed by atoms with van der Waals surface area (Å²) in [4.78, 5) is 12.4. The number of carbonyl (C=O) groups excluding carboxylic acids is 1. The SMILES string of the molecule is C=CCOc1cccc(C(=O)Nc2ccc3ccccc3c2)c1. The lowest BCUT2D eigenvalue weighted by Gasteiger charge is -2.08. The van der Waals surface area contributed by atoms with Crippen LogP contribution in [0.15, 0.2) is 79.4 Å². The summed E-state index contributed by atoms with van der Waals surface area (Å²) < 4.78 is 5.46. The van der Waals surface area contributed by atoms with Gasteiger partial charge in [0.05, 0.1) is 0 Å². The number of carbonyl (C=O) groups is 1. The molecular formula is C20H17NO2. The number of ether oxygens (including phenoxy) is 1. The van der Waals surface area contributed by atoms with E-state index in [0.717, 1.165) is 16.5 Å². The molecule has 0 atom stereocenters. The minimum atomic E-state index is -0.163. The third-order valence-electron chi connectivity index (χ3n) is 3.47. The lowest BCUT2D eigenvalue weighted by Crippen LogP contribution is -2.12. The van der Waals surface area contributed by atoms with Crippen molar-refractivity contribution in [3.8, 4) is 5.75 Å². The van der Waals surface area contributed by atoms with Gasteiger partial charge in [-0.2, -0.15) is 0 Å². The summed E-state index contributed by atoms with van der Waals surface area (Å²) >= 11 is 0. The molecule has 114 valence electrons. The van der Waals surface area contributed by atoms with Crippen molar-refractivity contribution >= 4 is 22.4 Å². The first-order chi connectivity index (χ1) is 11.3. The van der Waals surface area contributed by atoms with Crippen LogP contribution in [0.5, 0.6) is 5.75 Å². The molecule has 3 rings (SSSR count). The van der Waals surface area contributed by atoms with Gasteiger partial charge in [0.15, 0.2) is 0 Å². The molecule has 3 heteroatoms. The second-order valence-corrected chi connectivity index (χ2v) is 5.14. The molecule has 0 fully saturated rings. The van der Waals surface area contributed by atoms with E-state index in [1.807, 2.05) is 48.5 Å². The largest absolute Gasteiger partial charge is 0.490 e. The van der Waals surface area contributed by atoms with E-state index in [2.05, 4.69) is 11.9 Å². The zero-order valence-electron chi connectivity index (χ0n) is 12.7. The van der Waals surface area contributed by atoms with Gasteiger partial charge in [-0.15, -0.1) is 0 Å². The van der Waals surface area contributed by atoms with Crippen LogP contribution in [-0.2, 0) is 0 Å². The molecule has 0 spiro atoms. The van der Waals surface area contributed by atoms with E-state index in [4.69, 9.17) is 4.74 Å². The van der Waals surface area contributed by atoms with Crippen molar-refractivity contribution < 1.29 is 9.53 Å². The fraction of sp³-hybridized carbons (Fsp3) is 0.0500. The minimum absolute atomic E-state index is 0.163. The van der Waals surface area contributed by atoms with Gasteiger partial charge in [-0.1, -0.05) is 49.1 Å². The Kier molecular flexibility index (Phi) is 4.39. The standard InChI is InChI=1S/C20H17NO2/c1-2-12-23-19-9-5-8-17(14-19)20(22)21-18-11-10-15-6-3-4-7-16(15)13-18/h2-11,13-14H,1,12H2,(H,21,22). The van der Waals surface area contributed by atoms with E-state index >= 15 is 0 Å². The average molecular weight is 303 g/mol. The molecule has 1 amide bonds. The summed E-state index contributed by atoms with van der Waals surface area (Å²) in [7, 11) is 0. The van der Waals surface area contributed by atoms with E-state index in [9.17, 15) is 4.79 Å². The van der Waals surface area contributed by atoms with Crippen LogP contribution in [0.2, 0.25) is 0 Å². The van der Waals surface area contributed by atoms with E-state index in [-0.39, 0.29) is 5.91 Å². The zero-order chi connectivity index (χ0) is 16.1. The number of amides is 1. The van der Waals surface area contributed by atoms with E-state index in [1.165, 1.54) is 0 Å². The monoisotopic (exact) mass is 303 g/mol. The number of hydrogen-bond donors (Lipinski definition) is 1. The minimum Gasteiger partial charge on any atom is -0.490 e. The maximum atomic E-state index is 12.4. The van der Waals surface area contributed by atoms with Gasteiger partial charge in [-0.3, -0.25) is 4.79 Å². The molecule has 0 aliphatic rings. The molecule has 0 unspecified atom stereocenters. The topological polar surface area (TPSA) is 38.3 Å². The van der Waals surface area contributed by atoms with Gasteiger partial charge in [0.25, 0.3) is 5.91 Å². The van der Waals surface area contributed by atoms with E-state index < -0.39 is 0 Å². The Morgan fingerprint density at radius 2 is 1.83 bits per heavy atom. The Morgan fingerprint density at radius 1 is 1.00 bits per heavy atom. The second-order valence-electron chi connectivity index (χ2n) is 5.14. The fourth-order valence-electron chi connectivity index (χ4n) is 2.35. The van der Waals surface area contributed by atoms with Crippen LogP contribution in [-0.4, -0.2) is 12.5 Å². The van der Waals surface area contributed by atoms with Crippen molar-refractivity contribution in [2.24, 2.45) is 0 Å². The van der Waals surface area contributed by atoms with Crippen molar-refractivity contribution in [2.45, 2.75) is 0 Å². The third kappa shape index (κ3) is 3.58. The van der Waals surface area contributed by atoms with E-state index in [1.54, 1.807) is 24.3 Å². The summed E-state index contributed by atoms with van der Waals surface area (Å²) in [5, 5.41) is 5.15. The first kappa shape index (κ1) is 14.9. The lowest BCUT2D eigenvalue weighted by molar-refractivity contribution is 0.102. The molecular weight excluding hydrogens is 286 g/mol. The highest BCUT2D eigenvalue weighted by Crippen LogP contribution is 2.20. The molecule has 0 bridgehead atoms. The van der Waals surface area contributed by atoms with Crippen molar-refractivity contribution in [2.75, 3.05) is 11.9 Å². The maximum Gasteiger partial charge on any atom is 0.255 e. The molecule has 0 heterocycles. The maximum absolute atomic E-state index is 12.4. The number of hydrogen-bond acceptors (Lipinski definition) is 2. The molecule has 0 aliphatic carbocycles. The Hall–Kier alpha value is -3.07. The zero-order valence-corrected chi connectivity index (χ0v) is 12.7. The quantitative estimate of drug-likeness (QED) is 0.696. The van der Waals surface area contributed by atoms with Gasteiger partial charge in [0.1, 0.15) is 12.4 Å². The highest BCUT2D eigenvalue weighted by atomic mass is 16.5.